The van der Waals surface area contributed by atoms with Gasteiger partial charge in [-0.15, -0.1) is 0 Å². The SMILES string of the molecule is CC(=O)c1cc(C(=O)N[C@H]2CC(C)(C)Cc3c2cnn3-c2cccc(F)c2)[nH]n1. The molecule has 4 rings (SSSR count). The third-order valence-electron chi connectivity index (χ3n) is 5.22. The highest BCUT2D eigenvalue weighted by Crippen LogP contribution is 2.41. The molecule has 0 radical (unpaired) electrons. The number of hydrogen-bond donors (Lipinski definition) is 2. The number of carbonyl (C=O) groups excluding carboxylic acids is 2. The highest BCUT2D eigenvalue weighted by Gasteiger charge is 2.36. The Morgan fingerprint density at radius 1 is 1.31 bits per heavy atom. The van der Waals surface area contributed by atoms with Crippen LogP contribution in [0.4, 0.5) is 4.39 Å². The second kappa shape index (κ2) is 6.95. The molecule has 0 fully saturated rings. The molecule has 0 saturated carbocycles. The number of Topliss-reactive ketones (excluding diaryl/α,β-unsaturated/α-hetero) is 1. The van der Waals surface area contributed by atoms with Gasteiger partial charge in [-0.2, -0.15) is 10.2 Å². The number of benzene rings is 1. The van der Waals surface area contributed by atoms with Gasteiger partial charge in [-0.25, -0.2) is 9.07 Å². The van der Waals surface area contributed by atoms with E-state index in [4.69, 9.17) is 0 Å². The minimum absolute atomic E-state index is 0.0887. The van der Waals surface area contributed by atoms with Gasteiger partial charge in [-0.05, 0) is 42.5 Å². The summed E-state index contributed by atoms with van der Waals surface area (Å²) in [6.07, 6.45) is 3.21. The Balaban J connectivity index is 1.66. The molecule has 0 spiro atoms. The number of aromatic amines is 1. The predicted molar refractivity (Wildman–Crippen MR) is 104 cm³/mol. The maximum atomic E-state index is 13.7. The van der Waals surface area contributed by atoms with Gasteiger partial charge in [0, 0.05) is 12.5 Å². The van der Waals surface area contributed by atoms with Gasteiger partial charge in [-0.1, -0.05) is 19.9 Å². The van der Waals surface area contributed by atoms with E-state index < -0.39 is 0 Å². The molecule has 1 aromatic carbocycles. The van der Waals surface area contributed by atoms with E-state index in [0.29, 0.717) is 5.69 Å². The van der Waals surface area contributed by atoms with Crippen LogP contribution in [0.25, 0.3) is 5.69 Å². The third-order valence-corrected chi connectivity index (χ3v) is 5.22. The van der Waals surface area contributed by atoms with E-state index in [-0.39, 0.29) is 40.4 Å². The Morgan fingerprint density at radius 2 is 2.10 bits per heavy atom. The van der Waals surface area contributed by atoms with Crippen molar-refractivity contribution in [3.05, 3.63) is 65.0 Å². The molecular weight excluding hydrogens is 373 g/mol. The second-order valence-electron chi connectivity index (χ2n) is 8.23. The lowest BCUT2D eigenvalue weighted by molar-refractivity contribution is 0.0913. The van der Waals surface area contributed by atoms with Crippen LogP contribution in [-0.2, 0) is 6.42 Å². The Bertz CT molecular complexity index is 1100. The van der Waals surface area contributed by atoms with Crippen LogP contribution >= 0.6 is 0 Å². The molecule has 1 atom stereocenters. The fraction of sp³-hybridized carbons (Fsp3) is 0.333. The van der Waals surface area contributed by atoms with E-state index in [1.807, 2.05) is 0 Å². The molecule has 2 aromatic heterocycles. The first-order valence-electron chi connectivity index (χ1n) is 9.43. The smallest absolute Gasteiger partial charge is 0.269 e. The van der Waals surface area contributed by atoms with E-state index in [1.165, 1.54) is 25.1 Å². The Labute approximate surface area is 167 Å². The average molecular weight is 395 g/mol. The largest absolute Gasteiger partial charge is 0.344 e. The molecule has 0 bridgehead atoms. The maximum absolute atomic E-state index is 13.7. The zero-order valence-corrected chi connectivity index (χ0v) is 16.5. The number of rotatable bonds is 4. The maximum Gasteiger partial charge on any atom is 0.269 e. The summed E-state index contributed by atoms with van der Waals surface area (Å²) in [5, 5.41) is 14.0. The van der Waals surface area contributed by atoms with Gasteiger partial charge < -0.3 is 5.32 Å². The van der Waals surface area contributed by atoms with Crippen molar-refractivity contribution in [3.63, 3.8) is 0 Å². The first kappa shape index (κ1) is 19.0. The topological polar surface area (TPSA) is 92.7 Å². The zero-order chi connectivity index (χ0) is 20.8. The number of H-pyrrole nitrogens is 1. The van der Waals surface area contributed by atoms with Crippen LogP contribution in [0.3, 0.4) is 0 Å². The first-order valence-corrected chi connectivity index (χ1v) is 9.43. The minimum Gasteiger partial charge on any atom is -0.344 e. The summed E-state index contributed by atoms with van der Waals surface area (Å²) in [5.74, 6) is -0.873. The number of amides is 1. The number of nitrogens with zero attached hydrogens (tertiary/aromatic N) is 3. The van der Waals surface area contributed by atoms with Crippen LogP contribution in [0.2, 0.25) is 0 Å². The van der Waals surface area contributed by atoms with Gasteiger partial charge in [0.25, 0.3) is 5.91 Å². The summed E-state index contributed by atoms with van der Waals surface area (Å²) in [5.41, 5.74) is 2.87. The van der Waals surface area contributed by atoms with E-state index >= 15 is 0 Å². The Hall–Kier alpha value is -3.29. The molecule has 3 aromatic rings. The van der Waals surface area contributed by atoms with Crippen molar-refractivity contribution in [2.24, 2.45) is 5.41 Å². The molecule has 0 unspecified atom stereocenters. The highest BCUT2D eigenvalue weighted by atomic mass is 19.1. The van der Waals surface area contributed by atoms with Crippen molar-refractivity contribution in [3.8, 4) is 5.69 Å². The van der Waals surface area contributed by atoms with Gasteiger partial charge in [-0.3, -0.25) is 14.7 Å². The van der Waals surface area contributed by atoms with Gasteiger partial charge in [0.15, 0.2) is 5.78 Å². The molecule has 1 aliphatic carbocycles. The fourth-order valence-electron chi connectivity index (χ4n) is 3.86. The van der Waals surface area contributed by atoms with Gasteiger partial charge in [0.2, 0.25) is 0 Å². The van der Waals surface area contributed by atoms with Crippen LogP contribution in [0, 0.1) is 11.2 Å². The predicted octanol–water partition coefficient (Wildman–Crippen LogP) is 3.38. The van der Waals surface area contributed by atoms with Gasteiger partial charge >= 0.3 is 0 Å². The Morgan fingerprint density at radius 3 is 2.79 bits per heavy atom. The number of nitrogens with one attached hydrogen (secondary N) is 2. The van der Waals surface area contributed by atoms with E-state index in [1.54, 1.807) is 23.0 Å². The van der Waals surface area contributed by atoms with Gasteiger partial charge in [0.05, 0.1) is 23.6 Å². The third kappa shape index (κ3) is 3.70. The number of fused-ring (bicyclic) bond motifs is 1. The molecule has 0 aliphatic heterocycles. The molecule has 8 heteroatoms. The first-order chi connectivity index (χ1) is 13.7. The van der Waals surface area contributed by atoms with Crippen LogP contribution in [-0.4, -0.2) is 31.7 Å². The second-order valence-corrected chi connectivity index (χ2v) is 8.23. The quantitative estimate of drug-likeness (QED) is 0.663. The lowest BCUT2D eigenvalue weighted by Gasteiger charge is -2.35. The van der Waals surface area contributed by atoms with Gasteiger partial charge in [0.1, 0.15) is 17.2 Å². The molecule has 1 aliphatic rings. The molecule has 0 saturated heterocycles. The van der Waals surface area contributed by atoms with Crippen LogP contribution < -0.4 is 5.32 Å². The number of aromatic nitrogens is 4. The molecule has 7 nitrogen and oxygen atoms in total. The summed E-state index contributed by atoms with van der Waals surface area (Å²) in [6.45, 7) is 5.65. The molecule has 1 amide bonds. The lowest BCUT2D eigenvalue weighted by Crippen LogP contribution is -2.37. The lowest BCUT2D eigenvalue weighted by atomic mass is 9.74. The summed E-state index contributed by atoms with van der Waals surface area (Å²) in [4.78, 5) is 24.2. The minimum atomic E-state index is -0.336. The van der Waals surface area contributed by atoms with Crippen LogP contribution in [0.5, 0.6) is 0 Å². The van der Waals surface area contributed by atoms with E-state index in [2.05, 4.69) is 34.5 Å². The van der Waals surface area contributed by atoms with Crippen molar-refractivity contribution in [2.75, 3.05) is 0 Å². The summed E-state index contributed by atoms with van der Waals surface area (Å²) < 4.78 is 15.4. The molecular formula is C21H22FN5O2. The summed E-state index contributed by atoms with van der Waals surface area (Å²) in [7, 11) is 0. The summed E-state index contributed by atoms with van der Waals surface area (Å²) in [6, 6.07) is 7.48. The van der Waals surface area contributed by atoms with Crippen molar-refractivity contribution >= 4 is 11.7 Å². The summed E-state index contributed by atoms with van der Waals surface area (Å²) >= 11 is 0. The zero-order valence-electron chi connectivity index (χ0n) is 16.5. The standard InChI is InChI=1S/C21H22FN5O2/c1-12(28)16-8-17(26-25-16)20(29)24-18-9-21(2,3)10-19-15(18)11-23-27(19)14-6-4-5-13(22)7-14/h4-8,11,18H,9-10H2,1-3H3,(H,24,29)(H,25,26)/t18-/m0/s1. The molecule has 2 heterocycles. The van der Waals surface area contributed by atoms with E-state index in [0.717, 1.165) is 24.1 Å². The average Bonchev–Trinajstić information content (AvgIpc) is 3.28. The van der Waals surface area contributed by atoms with Crippen LogP contribution in [0.1, 0.15) is 65.5 Å². The fourth-order valence-corrected chi connectivity index (χ4v) is 3.86. The van der Waals surface area contributed by atoms with Crippen molar-refractivity contribution in [1.29, 1.82) is 0 Å². The molecule has 150 valence electrons. The highest BCUT2D eigenvalue weighted by molar-refractivity contribution is 5.97. The van der Waals surface area contributed by atoms with E-state index in [9.17, 15) is 14.0 Å². The normalized spacial score (nSPS) is 17.6. The monoisotopic (exact) mass is 395 g/mol. The van der Waals surface area contributed by atoms with Crippen molar-refractivity contribution < 1.29 is 14.0 Å². The number of carbonyl (C=O) groups is 2. The molecule has 2 N–H and O–H groups in total. The number of halogens is 1. The molecule has 29 heavy (non-hydrogen) atoms. The van der Waals surface area contributed by atoms with Crippen LogP contribution in [0.15, 0.2) is 36.5 Å². The van der Waals surface area contributed by atoms with Crippen molar-refractivity contribution in [1.82, 2.24) is 25.3 Å². The van der Waals surface area contributed by atoms with Crippen molar-refractivity contribution in [2.45, 2.75) is 39.7 Å². The number of hydrogen-bond acceptors (Lipinski definition) is 4. The number of ketones is 1. The Kier molecular flexibility index (Phi) is 4.56.